The van der Waals surface area contributed by atoms with Crippen LogP contribution >= 0.6 is 0 Å². The predicted molar refractivity (Wildman–Crippen MR) is 120 cm³/mol. The number of aryl methyl sites for hydroxylation is 1. The quantitative estimate of drug-likeness (QED) is 0.482. The van der Waals surface area contributed by atoms with Gasteiger partial charge in [-0.15, -0.1) is 0 Å². The van der Waals surface area contributed by atoms with Gasteiger partial charge in [0.05, 0.1) is 11.2 Å². The van der Waals surface area contributed by atoms with Crippen molar-refractivity contribution in [2.75, 3.05) is 10.6 Å². The molecule has 0 saturated heterocycles. The number of nitrogens with zero attached hydrogens (tertiary/aromatic N) is 1. The number of hydrogen-bond donors (Lipinski definition) is 2. The van der Waals surface area contributed by atoms with Gasteiger partial charge in [-0.05, 0) is 48.4 Å². The molecule has 5 heteroatoms. The van der Waals surface area contributed by atoms with Gasteiger partial charge in [-0.1, -0.05) is 49.4 Å². The van der Waals surface area contributed by atoms with Gasteiger partial charge in [0.25, 0.3) is 11.8 Å². The predicted octanol–water partition coefficient (Wildman–Crippen LogP) is 5.30. The van der Waals surface area contributed by atoms with E-state index in [4.69, 9.17) is 0 Å². The molecule has 0 aliphatic rings. The van der Waals surface area contributed by atoms with Crippen LogP contribution in [0.5, 0.6) is 0 Å². The minimum absolute atomic E-state index is 0.252. The average molecular weight is 395 g/mol. The summed E-state index contributed by atoms with van der Waals surface area (Å²) in [4.78, 5) is 29.9. The SMILES string of the molecule is CCc1ccccc1NC(=O)c1cccc(C(=O)Nc2cccc3cccnc23)c1. The lowest BCUT2D eigenvalue weighted by Crippen LogP contribution is -2.16. The number of fused-ring (bicyclic) bond motifs is 1. The van der Waals surface area contributed by atoms with E-state index in [-0.39, 0.29) is 11.8 Å². The van der Waals surface area contributed by atoms with E-state index in [0.717, 1.165) is 28.6 Å². The van der Waals surface area contributed by atoms with Crippen LogP contribution in [-0.2, 0) is 6.42 Å². The van der Waals surface area contributed by atoms with Gasteiger partial charge in [-0.3, -0.25) is 14.6 Å². The molecule has 0 bridgehead atoms. The summed E-state index contributed by atoms with van der Waals surface area (Å²) < 4.78 is 0. The fraction of sp³-hybridized carbons (Fsp3) is 0.0800. The highest BCUT2D eigenvalue weighted by Crippen LogP contribution is 2.22. The first-order chi connectivity index (χ1) is 14.7. The van der Waals surface area contributed by atoms with Crippen molar-refractivity contribution in [3.63, 3.8) is 0 Å². The molecule has 1 heterocycles. The van der Waals surface area contributed by atoms with Gasteiger partial charge in [-0.2, -0.15) is 0 Å². The van der Waals surface area contributed by atoms with Gasteiger partial charge in [0.2, 0.25) is 0 Å². The lowest BCUT2D eigenvalue weighted by atomic mass is 10.1. The molecule has 1 aromatic heterocycles. The number of hydrogen-bond acceptors (Lipinski definition) is 3. The van der Waals surface area contributed by atoms with Crippen molar-refractivity contribution < 1.29 is 9.59 Å². The maximum Gasteiger partial charge on any atom is 0.255 e. The largest absolute Gasteiger partial charge is 0.322 e. The Bertz CT molecular complexity index is 1230. The van der Waals surface area contributed by atoms with E-state index in [2.05, 4.69) is 15.6 Å². The van der Waals surface area contributed by atoms with E-state index >= 15 is 0 Å². The first kappa shape index (κ1) is 19.3. The van der Waals surface area contributed by atoms with Gasteiger partial charge in [0.15, 0.2) is 0 Å². The summed E-state index contributed by atoms with van der Waals surface area (Å²) in [5.41, 5.74) is 4.01. The number of nitrogens with one attached hydrogen (secondary N) is 2. The van der Waals surface area contributed by atoms with Crippen LogP contribution in [0, 0.1) is 0 Å². The van der Waals surface area contributed by atoms with Crippen LogP contribution in [0.2, 0.25) is 0 Å². The van der Waals surface area contributed by atoms with E-state index < -0.39 is 0 Å². The summed E-state index contributed by atoms with van der Waals surface area (Å²) in [5, 5.41) is 6.78. The molecule has 0 saturated carbocycles. The number of rotatable bonds is 5. The van der Waals surface area contributed by atoms with E-state index in [9.17, 15) is 9.59 Å². The van der Waals surface area contributed by atoms with Crippen LogP contribution in [0.3, 0.4) is 0 Å². The van der Waals surface area contributed by atoms with Crippen molar-refractivity contribution in [1.82, 2.24) is 4.98 Å². The second-order valence-electron chi connectivity index (χ2n) is 6.88. The maximum atomic E-state index is 12.8. The number of para-hydroxylation sites is 2. The van der Waals surface area contributed by atoms with Crippen molar-refractivity contribution in [2.24, 2.45) is 0 Å². The minimum atomic E-state index is -0.295. The van der Waals surface area contributed by atoms with Gasteiger partial charge in [-0.25, -0.2) is 0 Å². The van der Waals surface area contributed by atoms with Crippen LogP contribution < -0.4 is 10.6 Å². The summed E-state index contributed by atoms with van der Waals surface area (Å²) in [5.74, 6) is -0.547. The molecule has 0 atom stereocenters. The molecule has 0 unspecified atom stereocenters. The Labute approximate surface area is 174 Å². The highest BCUT2D eigenvalue weighted by Gasteiger charge is 2.13. The number of benzene rings is 3. The maximum absolute atomic E-state index is 12.8. The zero-order chi connectivity index (χ0) is 20.9. The molecule has 0 fully saturated rings. The number of aromatic nitrogens is 1. The smallest absolute Gasteiger partial charge is 0.255 e. The Morgan fingerprint density at radius 3 is 2.17 bits per heavy atom. The monoisotopic (exact) mass is 395 g/mol. The zero-order valence-corrected chi connectivity index (χ0v) is 16.6. The van der Waals surface area contributed by atoms with E-state index in [1.807, 2.05) is 61.5 Å². The van der Waals surface area contributed by atoms with Crippen molar-refractivity contribution >= 4 is 34.1 Å². The van der Waals surface area contributed by atoms with Gasteiger partial charge < -0.3 is 10.6 Å². The molecule has 3 aromatic carbocycles. The van der Waals surface area contributed by atoms with Crippen molar-refractivity contribution in [3.8, 4) is 0 Å². The molecule has 4 aromatic rings. The lowest BCUT2D eigenvalue weighted by Gasteiger charge is -2.11. The summed E-state index contributed by atoms with van der Waals surface area (Å²) in [6.07, 6.45) is 2.51. The van der Waals surface area contributed by atoms with Crippen LogP contribution in [0.25, 0.3) is 10.9 Å². The van der Waals surface area contributed by atoms with E-state index in [1.165, 1.54) is 0 Å². The zero-order valence-electron chi connectivity index (χ0n) is 16.6. The third-order valence-corrected chi connectivity index (χ3v) is 4.91. The normalized spacial score (nSPS) is 10.6. The molecule has 2 N–H and O–H groups in total. The molecule has 0 aliphatic heterocycles. The van der Waals surface area contributed by atoms with E-state index in [1.54, 1.807) is 30.5 Å². The van der Waals surface area contributed by atoms with Gasteiger partial charge in [0.1, 0.15) is 0 Å². The second kappa shape index (κ2) is 8.57. The Balaban J connectivity index is 1.55. The number of amides is 2. The Morgan fingerprint density at radius 2 is 1.40 bits per heavy atom. The molecule has 0 spiro atoms. The lowest BCUT2D eigenvalue weighted by molar-refractivity contribution is 0.102. The molecule has 0 radical (unpaired) electrons. The third kappa shape index (κ3) is 4.05. The standard InChI is InChI=1S/C25H21N3O2/c1-2-17-8-3-4-13-21(17)27-24(29)19-10-5-11-20(16-19)25(30)28-22-14-6-9-18-12-7-15-26-23(18)22/h3-16H,2H2,1H3,(H,27,29)(H,28,30). The molecular weight excluding hydrogens is 374 g/mol. The minimum Gasteiger partial charge on any atom is -0.322 e. The fourth-order valence-electron chi connectivity index (χ4n) is 3.35. The molecule has 30 heavy (non-hydrogen) atoms. The fourth-order valence-corrected chi connectivity index (χ4v) is 3.35. The molecular formula is C25H21N3O2. The van der Waals surface area contributed by atoms with Crippen molar-refractivity contribution in [3.05, 3.63) is 102 Å². The summed E-state index contributed by atoms with van der Waals surface area (Å²) in [6, 6.07) is 23.8. The number of pyridine rings is 1. The molecule has 0 aliphatic carbocycles. The van der Waals surface area contributed by atoms with Crippen molar-refractivity contribution in [2.45, 2.75) is 13.3 Å². The van der Waals surface area contributed by atoms with Gasteiger partial charge >= 0.3 is 0 Å². The number of carbonyl (C=O) groups is 2. The first-order valence-corrected chi connectivity index (χ1v) is 9.80. The number of carbonyl (C=O) groups excluding carboxylic acids is 2. The summed E-state index contributed by atoms with van der Waals surface area (Å²) in [7, 11) is 0. The molecule has 2 amide bonds. The Hall–Kier alpha value is -3.99. The second-order valence-corrected chi connectivity index (χ2v) is 6.88. The van der Waals surface area contributed by atoms with E-state index in [0.29, 0.717) is 16.8 Å². The van der Waals surface area contributed by atoms with Crippen molar-refractivity contribution in [1.29, 1.82) is 0 Å². The number of anilines is 2. The molecule has 148 valence electrons. The Kier molecular flexibility index (Phi) is 5.52. The summed E-state index contributed by atoms with van der Waals surface area (Å²) in [6.45, 7) is 2.04. The average Bonchev–Trinajstić information content (AvgIpc) is 2.79. The van der Waals surface area contributed by atoms with Gasteiger partial charge in [0, 0.05) is 28.4 Å². The van der Waals surface area contributed by atoms with Crippen LogP contribution in [0.1, 0.15) is 33.2 Å². The van der Waals surface area contributed by atoms with Crippen LogP contribution in [-0.4, -0.2) is 16.8 Å². The van der Waals surface area contributed by atoms with Crippen LogP contribution in [0.15, 0.2) is 85.1 Å². The molecule has 5 nitrogen and oxygen atoms in total. The summed E-state index contributed by atoms with van der Waals surface area (Å²) >= 11 is 0. The first-order valence-electron chi connectivity index (χ1n) is 9.80. The third-order valence-electron chi connectivity index (χ3n) is 4.91. The highest BCUT2D eigenvalue weighted by molar-refractivity contribution is 6.10. The van der Waals surface area contributed by atoms with Crippen LogP contribution in [0.4, 0.5) is 11.4 Å². The highest BCUT2D eigenvalue weighted by atomic mass is 16.2. The topological polar surface area (TPSA) is 71.1 Å². The Morgan fingerprint density at radius 1 is 0.767 bits per heavy atom. The molecule has 4 rings (SSSR count).